The summed E-state index contributed by atoms with van der Waals surface area (Å²) in [7, 11) is 0. The summed E-state index contributed by atoms with van der Waals surface area (Å²) in [6.07, 6.45) is 5.91. The number of nitrogen functional groups attached to an aromatic ring is 1. The molecule has 5 rings (SSSR count). The third-order valence-corrected chi connectivity index (χ3v) is 7.21. The molecule has 1 fully saturated rings. The predicted octanol–water partition coefficient (Wildman–Crippen LogP) is 3.66. The number of nitrogens with zero attached hydrogens (tertiary/aromatic N) is 1. The van der Waals surface area contributed by atoms with Crippen LogP contribution in [0.5, 0.6) is 0 Å². The zero-order valence-electron chi connectivity index (χ0n) is 18.3. The van der Waals surface area contributed by atoms with Crippen LogP contribution in [0.3, 0.4) is 0 Å². The van der Waals surface area contributed by atoms with Crippen molar-refractivity contribution in [2.75, 3.05) is 0 Å². The Kier molecular flexibility index (Phi) is 5.47. The van der Waals surface area contributed by atoms with Gasteiger partial charge in [-0.3, -0.25) is 10.2 Å². The molecule has 166 valence electrons. The first-order valence-corrected chi connectivity index (χ1v) is 11.6. The first-order chi connectivity index (χ1) is 15.5. The lowest BCUT2D eigenvalue weighted by atomic mass is 9.92. The first kappa shape index (κ1) is 20.8. The lowest BCUT2D eigenvalue weighted by molar-refractivity contribution is 0.0916. The van der Waals surface area contributed by atoms with Gasteiger partial charge < -0.3 is 21.4 Å². The van der Waals surface area contributed by atoms with Crippen molar-refractivity contribution in [3.63, 3.8) is 0 Å². The van der Waals surface area contributed by atoms with Crippen LogP contribution in [-0.4, -0.2) is 28.4 Å². The maximum Gasteiger partial charge on any atom is 0.268 e. The Morgan fingerprint density at radius 2 is 1.84 bits per heavy atom. The fraction of sp³-hybridized carbons (Fsp3) is 0.385. The van der Waals surface area contributed by atoms with Crippen molar-refractivity contribution >= 4 is 22.6 Å². The Morgan fingerprint density at radius 1 is 1.06 bits per heavy atom. The molecule has 2 aliphatic rings. The Morgan fingerprint density at radius 3 is 2.62 bits per heavy atom. The zero-order chi connectivity index (χ0) is 22.2. The van der Waals surface area contributed by atoms with Gasteiger partial charge >= 0.3 is 0 Å². The molecule has 32 heavy (non-hydrogen) atoms. The molecular weight excluding hydrogens is 398 g/mol. The summed E-state index contributed by atoms with van der Waals surface area (Å²) in [4.78, 5) is 13.4. The van der Waals surface area contributed by atoms with E-state index in [1.54, 1.807) is 0 Å². The quantitative estimate of drug-likeness (QED) is 0.367. The number of benzene rings is 2. The van der Waals surface area contributed by atoms with Crippen molar-refractivity contribution in [2.45, 2.75) is 63.1 Å². The largest absolute Gasteiger partial charge is 0.384 e. The van der Waals surface area contributed by atoms with Gasteiger partial charge in [-0.05, 0) is 61.8 Å². The number of aryl methyl sites for hydroxylation is 1. The molecule has 0 bridgehead atoms. The highest BCUT2D eigenvalue weighted by Gasteiger charge is 2.27. The number of nitrogens with one attached hydrogen (secondary N) is 2. The normalized spacial score (nSPS) is 22.6. The highest BCUT2D eigenvalue weighted by atomic mass is 16.2. The molecule has 1 amide bonds. The Labute approximate surface area is 188 Å². The van der Waals surface area contributed by atoms with E-state index in [-0.39, 0.29) is 23.8 Å². The molecule has 1 heterocycles. The van der Waals surface area contributed by atoms with Crippen molar-refractivity contribution in [1.82, 2.24) is 9.88 Å². The number of carbonyl (C=O) groups is 1. The van der Waals surface area contributed by atoms with Crippen LogP contribution in [0, 0.1) is 5.41 Å². The molecule has 6 nitrogen and oxygen atoms in total. The van der Waals surface area contributed by atoms with Gasteiger partial charge in [0.25, 0.3) is 5.91 Å². The number of fused-ring (bicyclic) bond motifs is 2. The smallest absolute Gasteiger partial charge is 0.268 e. The maximum atomic E-state index is 13.4. The predicted molar refractivity (Wildman–Crippen MR) is 128 cm³/mol. The molecule has 1 atom stereocenters. The van der Waals surface area contributed by atoms with Crippen LogP contribution in [0.1, 0.15) is 65.2 Å². The molecule has 2 aromatic carbocycles. The molecule has 0 saturated heterocycles. The standard InChI is InChI=1S/C26H31N5O/c27-20-9-11-21(12-10-20)30-26(32)24-13-17-6-7-18(25(28)29)14-23(17)31(24)15-19-8-5-16-3-1-2-4-22(16)19/h1-4,6-7,13-14,19-21H,5,8-12,15,27H2,(H3,28,29)(H,30,32). The number of aromatic nitrogens is 1. The average molecular weight is 430 g/mol. The van der Waals surface area contributed by atoms with Crippen molar-refractivity contribution in [1.29, 1.82) is 5.41 Å². The van der Waals surface area contributed by atoms with Crippen LogP contribution >= 0.6 is 0 Å². The van der Waals surface area contributed by atoms with Crippen molar-refractivity contribution < 1.29 is 4.79 Å². The van der Waals surface area contributed by atoms with Crippen LogP contribution in [-0.2, 0) is 13.0 Å². The number of carbonyl (C=O) groups excluding carboxylic acids is 1. The van der Waals surface area contributed by atoms with Gasteiger partial charge in [-0.1, -0.05) is 36.4 Å². The SMILES string of the molecule is N=C(N)c1ccc2cc(C(=O)NC3CCC(N)CC3)n(CC3CCc4ccccc43)c2c1. The molecule has 1 unspecified atom stereocenters. The fourth-order valence-corrected chi connectivity index (χ4v) is 5.39. The van der Waals surface area contributed by atoms with Gasteiger partial charge in [-0.2, -0.15) is 0 Å². The van der Waals surface area contributed by atoms with Gasteiger partial charge in [-0.25, -0.2) is 0 Å². The third-order valence-electron chi connectivity index (χ3n) is 7.21. The van der Waals surface area contributed by atoms with Crippen LogP contribution in [0.25, 0.3) is 10.9 Å². The molecule has 1 aromatic heterocycles. The second-order valence-electron chi connectivity index (χ2n) is 9.35. The van der Waals surface area contributed by atoms with Gasteiger partial charge in [0.05, 0.1) is 0 Å². The molecule has 0 radical (unpaired) electrons. The molecule has 6 heteroatoms. The van der Waals surface area contributed by atoms with Gasteiger partial charge in [-0.15, -0.1) is 0 Å². The Balaban J connectivity index is 1.50. The fourth-order valence-electron chi connectivity index (χ4n) is 5.39. The summed E-state index contributed by atoms with van der Waals surface area (Å²) < 4.78 is 2.14. The minimum absolute atomic E-state index is 0.0303. The van der Waals surface area contributed by atoms with Gasteiger partial charge in [0, 0.05) is 41.0 Å². The molecule has 0 aliphatic heterocycles. The summed E-state index contributed by atoms with van der Waals surface area (Å²) in [5.74, 6) is 0.370. The zero-order valence-corrected chi connectivity index (χ0v) is 18.3. The monoisotopic (exact) mass is 429 g/mol. The van der Waals surface area contributed by atoms with E-state index in [2.05, 4.69) is 34.1 Å². The van der Waals surface area contributed by atoms with E-state index in [4.69, 9.17) is 16.9 Å². The summed E-state index contributed by atoms with van der Waals surface area (Å²) in [6, 6.07) is 16.8. The van der Waals surface area contributed by atoms with E-state index >= 15 is 0 Å². The summed E-state index contributed by atoms with van der Waals surface area (Å²) in [5, 5.41) is 12.1. The molecule has 1 saturated carbocycles. The van der Waals surface area contributed by atoms with E-state index in [0.29, 0.717) is 17.2 Å². The van der Waals surface area contributed by atoms with Crippen LogP contribution in [0.4, 0.5) is 0 Å². The first-order valence-electron chi connectivity index (χ1n) is 11.6. The highest BCUT2D eigenvalue weighted by Crippen LogP contribution is 2.36. The van der Waals surface area contributed by atoms with E-state index in [1.807, 2.05) is 24.3 Å². The van der Waals surface area contributed by atoms with Crippen molar-refractivity contribution in [2.24, 2.45) is 11.5 Å². The van der Waals surface area contributed by atoms with Crippen molar-refractivity contribution in [3.05, 3.63) is 70.9 Å². The lowest BCUT2D eigenvalue weighted by Gasteiger charge is -2.27. The average Bonchev–Trinajstić information content (AvgIpc) is 3.37. The molecule has 3 aromatic rings. The maximum absolute atomic E-state index is 13.4. The number of nitrogens with two attached hydrogens (primary N) is 2. The van der Waals surface area contributed by atoms with Crippen LogP contribution in [0.2, 0.25) is 0 Å². The molecule has 6 N–H and O–H groups in total. The minimum Gasteiger partial charge on any atom is -0.384 e. The Bertz CT molecular complexity index is 1170. The second-order valence-corrected chi connectivity index (χ2v) is 9.35. The van der Waals surface area contributed by atoms with Crippen LogP contribution < -0.4 is 16.8 Å². The minimum atomic E-state index is -0.0303. The van der Waals surface area contributed by atoms with Gasteiger partial charge in [0.15, 0.2) is 0 Å². The van der Waals surface area contributed by atoms with Crippen molar-refractivity contribution in [3.8, 4) is 0 Å². The molecule has 0 spiro atoms. The third kappa shape index (κ3) is 3.91. The topological polar surface area (TPSA) is 110 Å². The Hall–Kier alpha value is -3.12. The second kappa shape index (κ2) is 8.43. The van der Waals surface area contributed by atoms with E-state index in [9.17, 15) is 4.79 Å². The highest BCUT2D eigenvalue weighted by molar-refractivity contribution is 6.02. The van der Waals surface area contributed by atoms with Crippen LogP contribution in [0.15, 0.2) is 48.5 Å². The summed E-state index contributed by atoms with van der Waals surface area (Å²) in [6.45, 7) is 0.736. The number of amidine groups is 1. The number of hydrogen-bond donors (Lipinski definition) is 4. The summed E-state index contributed by atoms with van der Waals surface area (Å²) in [5.41, 5.74) is 16.9. The molecule has 2 aliphatic carbocycles. The van der Waals surface area contributed by atoms with Gasteiger partial charge in [0.2, 0.25) is 0 Å². The number of amides is 1. The number of rotatable bonds is 5. The lowest BCUT2D eigenvalue weighted by Crippen LogP contribution is -2.41. The molecular formula is C26H31N5O. The summed E-state index contributed by atoms with van der Waals surface area (Å²) >= 11 is 0. The van der Waals surface area contributed by atoms with E-state index in [1.165, 1.54) is 11.1 Å². The van der Waals surface area contributed by atoms with E-state index < -0.39 is 0 Å². The van der Waals surface area contributed by atoms with E-state index in [0.717, 1.165) is 56.0 Å². The number of hydrogen-bond acceptors (Lipinski definition) is 3. The van der Waals surface area contributed by atoms with Gasteiger partial charge in [0.1, 0.15) is 11.5 Å².